The number of rotatable bonds is 6. The molecule has 1 nitrogen and oxygen atoms in total. The van der Waals surface area contributed by atoms with Crippen LogP contribution in [-0.2, 0) is 0 Å². The molecular formula is C66H40B2OS3. The Morgan fingerprint density at radius 3 is 1.17 bits per heavy atom. The fraction of sp³-hybridized carbons (Fsp3) is 0. The molecule has 4 aliphatic heterocycles. The number of benzene rings is 11. The lowest BCUT2D eigenvalue weighted by molar-refractivity contribution is 0.486. The summed E-state index contributed by atoms with van der Waals surface area (Å²) in [5.74, 6) is 1.86. The zero-order chi connectivity index (χ0) is 47.3. The second kappa shape index (κ2) is 17.0. The Hall–Kier alpha value is -7.60. The van der Waals surface area contributed by atoms with Gasteiger partial charge in [-0.15, -0.1) is 0 Å². The van der Waals surface area contributed by atoms with Gasteiger partial charge in [0.05, 0.1) is 0 Å². The minimum absolute atomic E-state index is 0.0147. The van der Waals surface area contributed by atoms with Crippen LogP contribution in [0.15, 0.2) is 272 Å². The molecule has 334 valence electrons. The SMILES string of the molecule is c1ccc(-c2cccc(-c3ccccc3)c2-c2cc3c4c(c2)Sc2cc5c(cc2B4c2ccccc2O3)B2c3ccccc3Sc3cc(-c4c(-c6ccccc6)cccc4-c4ccccc4)cc(c32)S5)cc1. The fourth-order valence-electron chi connectivity index (χ4n) is 11.8. The minimum atomic E-state index is 0.0147. The Morgan fingerprint density at radius 2 is 0.653 bits per heavy atom. The van der Waals surface area contributed by atoms with E-state index in [1.165, 1.54) is 123 Å². The van der Waals surface area contributed by atoms with E-state index in [0.29, 0.717) is 0 Å². The molecule has 4 aliphatic rings. The van der Waals surface area contributed by atoms with Gasteiger partial charge in [0.15, 0.2) is 0 Å². The van der Waals surface area contributed by atoms with E-state index < -0.39 is 0 Å². The molecule has 0 amide bonds. The molecule has 0 N–H and O–H groups in total. The Labute approximate surface area is 433 Å². The van der Waals surface area contributed by atoms with Crippen LogP contribution >= 0.6 is 35.3 Å². The largest absolute Gasteiger partial charge is 0.458 e. The summed E-state index contributed by atoms with van der Waals surface area (Å²) in [5.41, 5.74) is 22.6. The summed E-state index contributed by atoms with van der Waals surface area (Å²) in [6.07, 6.45) is 0. The van der Waals surface area contributed by atoms with Gasteiger partial charge in [0, 0.05) is 29.4 Å². The van der Waals surface area contributed by atoms with E-state index >= 15 is 0 Å². The second-order valence-corrected chi connectivity index (χ2v) is 22.2. The van der Waals surface area contributed by atoms with Crippen molar-refractivity contribution in [3.05, 3.63) is 243 Å². The molecule has 15 rings (SSSR count). The Morgan fingerprint density at radius 1 is 0.250 bits per heavy atom. The standard InChI is InChI=1S/C66H40B2OS3/c1-5-19-41(20-6-1)47-27-17-28-48(42-21-7-2-8-22-42)63(47)45-35-56-65-60(36-45)71-58-40-59-54(39-53(58)67(65)51-31-13-15-33-55(51)69-56)68-52-32-14-16-34-57(52)70-61-37-46(38-62(72-59)66(61)68)64-49(43-23-9-3-10-24-43)29-18-30-50(64)44-25-11-4-12-26-44/h1-40H. The highest BCUT2D eigenvalue weighted by Crippen LogP contribution is 2.49. The smallest absolute Gasteiger partial charge is 0.253 e. The molecule has 11 aromatic rings. The maximum absolute atomic E-state index is 7.07. The van der Waals surface area contributed by atoms with E-state index in [0.717, 1.165) is 17.1 Å². The van der Waals surface area contributed by atoms with Crippen molar-refractivity contribution in [1.29, 1.82) is 0 Å². The third-order valence-corrected chi connectivity index (χ3v) is 18.3. The van der Waals surface area contributed by atoms with Crippen molar-refractivity contribution in [3.8, 4) is 78.3 Å². The monoisotopic (exact) mass is 966 g/mol. The summed E-state index contributed by atoms with van der Waals surface area (Å²) in [6.45, 7) is 0.107. The zero-order valence-corrected chi connectivity index (χ0v) is 41.3. The maximum Gasteiger partial charge on any atom is 0.253 e. The van der Waals surface area contributed by atoms with Crippen LogP contribution in [0.5, 0.6) is 11.5 Å². The van der Waals surface area contributed by atoms with Crippen molar-refractivity contribution in [3.63, 3.8) is 0 Å². The predicted molar refractivity (Wildman–Crippen MR) is 307 cm³/mol. The zero-order valence-electron chi connectivity index (χ0n) is 38.9. The lowest BCUT2D eigenvalue weighted by Gasteiger charge is -2.37. The molecule has 72 heavy (non-hydrogen) atoms. The molecule has 0 saturated heterocycles. The Balaban J connectivity index is 0.930. The van der Waals surface area contributed by atoms with Crippen LogP contribution < -0.4 is 37.5 Å². The summed E-state index contributed by atoms with van der Waals surface area (Å²) in [5, 5.41) is 0. The summed E-state index contributed by atoms with van der Waals surface area (Å²) in [6, 6.07) is 89.7. The molecule has 0 fully saturated rings. The van der Waals surface area contributed by atoms with Crippen LogP contribution in [0.3, 0.4) is 0 Å². The van der Waals surface area contributed by atoms with E-state index in [4.69, 9.17) is 4.74 Å². The highest BCUT2D eigenvalue weighted by Gasteiger charge is 2.44. The number of hydrogen-bond donors (Lipinski definition) is 0. The van der Waals surface area contributed by atoms with Crippen molar-refractivity contribution in [2.24, 2.45) is 0 Å². The number of fused-ring (bicyclic) bond motifs is 8. The van der Waals surface area contributed by atoms with E-state index in [2.05, 4.69) is 243 Å². The van der Waals surface area contributed by atoms with Gasteiger partial charge in [-0.05, 0) is 126 Å². The molecular weight excluding hydrogens is 927 g/mol. The first-order valence-corrected chi connectivity index (χ1v) is 27.1. The molecule has 0 bridgehead atoms. The lowest BCUT2D eigenvalue weighted by atomic mass is 9.32. The Kier molecular flexibility index (Phi) is 9.96. The third-order valence-electron chi connectivity index (χ3n) is 14.9. The van der Waals surface area contributed by atoms with Gasteiger partial charge in [-0.25, -0.2) is 0 Å². The summed E-state index contributed by atoms with van der Waals surface area (Å²) in [7, 11) is 0. The van der Waals surface area contributed by atoms with Crippen LogP contribution in [0.25, 0.3) is 66.8 Å². The van der Waals surface area contributed by atoms with Gasteiger partial charge in [0.1, 0.15) is 11.5 Å². The normalized spacial score (nSPS) is 13.2. The lowest BCUT2D eigenvalue weighted by Crippen LogP contribution is -2.62. The molecule has 0 aromatic heterocycles. The van der Waals surface area contributed by atoms with E-state index in [1.807, 2.05) is 35.3 Å². The molecule has 0 spiro atoms. The van der Waals surface area contributed by atoms with Gasteiger partial charge >= 0.3 is 0 Å². The van der Waals surface area contributed by atoms with Gasteiger partial charge in [-0.3, -0.25) is 0 Å². The number of hydrogen-bond acceptors (Lipinski definition) is 4. The van der Waals surface area contributed by atoms with Gasteiger partial charge in [-0.2, -0.15) is 0 Å². The highest BCUT2D eigenvalue weighted by atomic mass is 32.2. The van der Waals surface area contributed by atoms with E-state index in [1.54, 1.807) is 0 Å². The van der Waals surface area contributed by atoms with E-state index in [-0.39, 0.29) is 13.4 Å². The highest BCUT2D eigenvalue weighted by molar-refractivity contribution is 8.01. The predicted octanol–water partition coefficient (Wildman–Crippen LogP) is 14.2. The van der Waals surface area contributed by atoms with Gasteiger partial charge < -0.3 is 4.74 Å². The molecule has 0 radical (unpaired) electrons. The van der Waals surface area contributed by atoms with Crippen molar-refractivity contribution in [2.45, 2.75) is 29.4 Å². The van der Waals surface area contributed by atoms with Crippen molar-refractivity contribution in [2.75, 3.05) is 0 Å². The number of ether oxygens (including phenoxy) is 1. The van der Waals surface area contributed by atoms with E-state index in [9.17, 15) is 0 Å². The van der Waals surface area contributed by atoms with Gasteiger partial charge in [-0.1, -0.05) is 252 Å². The van der Waals surface area contributed by atoms with Crippen molar-refractivity contribution in [1.82, 2.24) is 0 Å². The first kappa shape index (κ1) is 42.1. The van der Waals surface area contributed by atoms with Crippen molar-refractivity contribution >= 4 is 81.5 Å². The topological polar surface area (TPSA) is 9.23 Å². The fourth-order valence-corrected chi connectivity index (χ4v) is 15.6. The average molecular weight is 967 g/mol. The molecule has 0 atom stereocenters. The molecule has 6 heteroatoms. The summed E-state index contributed by atoms with van der Waals surface area (Å²) >= 11 is 5.78. The molecule has 0 aliphatic carbocycles. The maximum atomic E-state index is 7.07. The molecule has 11 aromatic carbocycles. The summed E-state index contributed by atoms with van der Waals surface area (Å²) in [4.78, 5) is 7.86. The molecule has 4 heterocycles. The van der Waals surface area contributed by atoms with Gasteiger partial charge in [0.25, 0.3) is 6.71 Å². The van der Waals surface area contributed by atoms with Crippen LogP contribution in [0.2, 0.25) is 0 Å². The summed E-state index contributed by atoms with van der Waals surface area (Å²) < 4.78 is 7.07. The molecule has 0 saturated carbocycles. The van der Waals surface area contributed by atoms with Crippen LogP contribution in [0.1, 0.15) is 0 Å². The Bertz CT molecular complexity index is 3620. The van der Waals surface area contributed by atoms with Crippen molar-refractivity contribution < 1.29 is 4.74 Å². The quantitative estimate of drug-likeness (QED) is 0.154. The second-order valence-electron chi connectivity index (χ2n) is 19.0. The first-order chi connectivity index (χ1) is 35.7. The molecule has 0 unspecified atom stereocenters. The minimum Gasteiger partial charge on any atom is -0.458 e. The third kappa shape index (κ3) is 6.77. The average Bonchev–Trinajstić information content (AvgIpc) is 3.45. The van der Waals surface area contributed by atoms with Crippen LogP contribution in [0.4, 0.5) is 0 Å². The first-order valence-electron chi connectivity index (χ1n) is 24.6. The van der Waals surface area contributed by atoms with Gasteiger partial charge in [0.2, 0.25) is 6.71 Å². The number of para-hydroxylation sites is 1. The van der Waals surface area contributed by atoms with Crippen LogP contribution in [0, 0.1) is 0 Å². The van der Waals surface area contributed by atoms with Crippen LogP contribution in [-0.4, -0.2) is 13.4 Å².